The van der Waals surface area contributed by atoms with Gasteiger partial charge in [-0.05, 0) is 55.7 Å². The van der Waals surface area contributed by atoms with Gasteiger partial charge in [0.25, 0.3) is 5.91 Å². The summed E-state index contributed by atoms with van der Waals surface area (Å²) in [5.74, 6) is -0.0308. The maximum Gasteiger partial charge on any atom is 0.257 e. The van der Waals surface area contributed by atoms with Crippen molar-refractivity contribution in [3.63, 3.8) is 0 Å². The minimum atomic E-state index is -3.29. The molecule has 4 rings (SSSR count). The van der Waals surface area contributed by atoms with Crippen LogP contribution in [0, 0.1) is 5.92 Å². The van der Waals surface area contributed by atoms with Gasteiger partial charge < -0.3 is 10.2 Å². The molecule has 2 fully saturated rings. The molecule has 0 spiro atoms. The van der Waals surface area contributed by atoms with Crippen LogP contribution in [0.1, 0.15) is 63.1 Å². The zero-order valence-electron chi connectivity index (χ0n) is 18.7. The summed E-state index contributed by atoms with van der Waals surface area (Å²) in [6.45, 7) is 1.30. The summed E-state index contributed by atoms with van der Waals surface area (Å²) >= 11 is 1.19. The quantitative estimate of drug-likeness (QED) is 0.459. The van der Waals surface area contributed by atoms with E-state index in [1.165, 1.54) is 11.3 Å². The Hall–Kier alpha value is -2.07. The Labute approximate surface area is 198 Å². The monoisotopic (exact) mass is 490 g/mol. The molecule has 1 atom stereocenters. The Kier molecular flexibility index (Phi) is 7.04. The Morgan fingerprint density at radius 3 is 2.45 bits per heavy atom. The summed E-state index contributed by atoms with van der Waals surface area (Å²) in [6.07, 6.45) is 7.99. The first kappa shape index (κ1) is 24.1. The number of amides is 1. The Morgan fingerprint density at radius 2 is 1.88 bits per heavy atom. The van der Waals surface area contributed by atoms with Crippen LogP contribution < -0.4 is 5.32 Å². The predicted molar refractivity (Wildman–Crippen MR) is 129 cm³/mol. The number of benzene rings is 1. The van der Waals surface area contributed by atoms with E-state index in [9.17, 15) is 23.4 Å². The topological polar surface area (TPSA) is 117 Å². The fourth-order valence-corrected chi connectivity index (χ4v) is 6.60. The lowest BCUT2D eigenvalue weighted by molar-refractivity contribution is -0.111. The van der Waals surface area contributed by atoms with Crippen LogP contribution in [0.25, 0.3) is 5.57 Å². The number of nitrogens with one attached hydrogen (secondary N) is 1. The molecule has 1 amide bonds. The van der Waals surface area contributed by atoms with Gasteiger partial charge in [0.1, 0.15) is 5.60 Å². The van der Waals surface area contributed by atoms with Crippen molar-refractivity contribution in [1.82, 2.24) is 4.98 Å². The highest BCUT2D eigenvalue weighted by atomic mass is 32.2. The van der Waals surface area contributed by atoms with E-state index in [1.807, 2.05) is 6.08 Å². The maximum absolute atomic E-state index is 13.3. The van der Waals surface area contributed by atoms with Crippen LogP contribution in [0.3, 0.4) is 0 Å². The maximum atomic E-state index is 13.3. The van der Waals surface area contributed by atoms with Crippen LogP contribution in [0.2, 0.25) is 0 Å². The molecule has 2 aliphatic carbocycles. The first-order valence-corrected chi connectivity index (χ1v) is 13.9. The summed E-state index contributed by atoms with van der Waals surface area (Å²) in [4.78, 5) is 17.9. The molecule has 1 aromatic carbocycles. The van der Waals surface area contributed by atoms with Gasteiger partial charge in [0.15, 0.2) is 15.0 Å². The molecule has 7 nitrogen and oxygen atoms in total. The van der Waals surface area contributed by atoms with Crippen molar-refractivity contribution in [1.29, 1.82) is 0 Å². The summed E-state index contributed by atoms with van der Waals surface area (Å²) in [7, 11) is -3.29. The number of aromatic nitrogens is 1. The molecule has 9 heteroatoms. The second kappa shape index (κ2) is 9.66. The molecule has 1 aromatic heterocycles. The minimum absolute atomic E-state index is 0.278. The zero-order chi connectivity index (χ0) is 23.6. The Balaban J connectivity index is 1.59. The van der Waals surface area contributed by atoms with Gasteiger partial charge in [0.05, 0.1) is 22.4 Å². The number of rotatable bonds is 9. The van der Waals surface area contributed by atoms with Crippen LogP contribution in [0.4, 0.5) is 5.13 Å². The van der Waals surface area contributed by atoms with Crippen molar-refractivity contribution < 1.29 is 23.4 Å². The summed E-state index contributed by atoms with van der Waals surface area (Å²) < 4.78 is 25.0. The van der Waals surface area contributed by atoms with Gasteiger partial charge in [0.2, 0.25) is 0 Å². The van der Waals surface area contributed by atoms with Gasteiger partial charge in [-0.1, -0.05) is 38.0 Å². The standard InChI is InChI=1S/C24H30N2O5S2/c1-2-24(29,15-27)21-14-32-23(25-21)26-22(28)20(13-16-5-3-4-6-16)17-7-9-18(10-8-17)33(30,31)19-11-12-19/h7-10,13-14,16,19,27,29H,2-6,11-12,15H2,1H3,(H,25,26,28)/b20-13+. The number of anilines is 1. The third kappa shape index (κ3) is 5.21. The molecule has 0 radical (unpaired) electrons. The Morgan fingerprint density at radius 1 is 1.21 bits per heavy atom. The molecular weight excluding hydrogens is 460 g/mol. The van der Waals surface area contributed by atoms with Crippen LogP contribution in [-0.2, 0) is 20.2 Å². The smallest absolute Gasteiger partial charge is 0.257 e. The summed E-state index contributed by atoms with van der Waals surface area (Å²) in [5.41, 5.74) is 0.0299. The van der Waals surface area contributed by atoms with E-state index in [1.54, 1.807) is 36.6 Å². The van der Waals surface area contributed by atoms with Gasteiger partial charge in [-0.3, -0.25) is 10.1 Å². The third-order valence-electron chi connectivity index (χ3n) is 6.55. The first-order valence-electron chi connectivity index (χ1n) is 11.4. The van der Waals surface area contributed by atoms with Gasteiger partial charge in [-0.25, -0.2) is 13.4 Å². The van der Waals surface area contributed by atoms with Gasteiger partial charge in [-0.15, -0.1) is 11.3 Å². The minimum Gasteiger partial charge on any atom is -0.393 e. The molecule has 2 aromatic rings. The van der Waals surface area contributed by atoms with E-state index in [4.69, 9.17) is 0 Å². The summed E-state index contributed by atoms with van der Waals surface area (Å²) in [5, 5.41) is 24.5. The van der Waals surface area contributed by atoms with Crippen molar-refractivity contribution in [2.24, 2.45) is 5.92 Å². The van der Waals surface area contributed by atoms with Gasteiger partial charge in [0, 0.05) is 11.0 Å². The molecule has 1 heterocycles. The largest absolute Gasteiger partial charge is 0.393 e. The van der Waals surface area contributed by atoms with Crippen molar-refractivity contribution in [2.45, 2.75) is 67.6 Å². The van der Waals surface area contributed by atoms with E-state index in [0.717, 1.165) is 25.7 Å². The highest BCUT2D eigenvalue weighted by molar-refractivity contribution is 7.92. The number of allylic oxidation sites excluding steroid dienone is 1. The number of aliphatic hydroxyl groups is 2. The van der Waals surface area contributed by atoms with E-state index >= 15 is 0 Å². The number of sulfone groups is 1. The fraction of sp³-hybridized carbons (Fsp3) is 0.500. The molecule has 0 aliphatic heterocycles. The van der Waals surface area contributed by atoms with E-state index in [-0.39, 0.29) is 11.2 Å². The first-order chi connectivity index (χ1) is 15.8. The number of aliphatic hydroxyl groups excluding tert-OH is 1. The zero-order valence-corrected chi connectivity index (χ0v) is 20.3. The second-order valence-corrected chi connectivity index (χ2v) is 12.0. The molecule has 3 N–H and O–H groups in total. The van der Waals surface area contributed by atoms with Crippen molar-refractivity contribution in [2.75, 3.05) is 11.9 Å². The molecule has 2 saturated carbocycles. The number of hydrogen-bond donors (Lipinski definition) is 3. The average Bonchev–Trinajstić information content (AvgIpc) is 3.38. The van der Waals surface area contributed by atoms with E-state index in [2.05, 4.69) is 10.3 Å². The number of carbonyl (C=O) groups is 1. The molecule has 0 saturated heterocycles. The molecular formula is C24H30N2O5S2. The van der Waals surface area contributed by atoms with Crippen molar-refractivity contribution in [3.8, 4) is 0 Å². The highest BCUT2D eigenvalue weighted by Gasteiger charge is 2.37. The predicted octanol–water partition coefficient (Wildman–Crippen LogP) is 3.88. The molecule has 178 valence electrons. The molecule has 2 aliphatic rings. The fourth-order valence-electron chi connectivity index (χ4n) is 4.14. The van der Waals surface area contributed by atoms with Crippen molar-refractivity contribution >= 4 is 37.8 Å². The highest BCUT2D eigenvalue weighted by Crippen LogP contribution is 2.35. The lowest BCUT2D eigenvalue weighted by atomic mass is 9.98. The molecule has 1 unspecified atom stereocenters. The lowest BCUT2D eigenvalue weighted by Gasteiger charge is -2.21. The number of hydrogen-bond acceptors (Lipinski definition) is 7. The van der Waals surface area contributed by atoms with Crippen LogP contribution >= 0.6 is 11.3 Å². The molecule has 0 bridgehead atoms. The molecule has 33 heavy (non-hydrogen) atoms. The average molecular weight is 491 g/mol. The number of thiazole rings is 1. The van der Waals surface area contributed by atoms with E-state index < -0.39 is 22.0 Å². The number of carbonyl (C=O) groups excluding carboxylic acids is 1. The second-order valence-electron chi connectivity index (χ2n) is 8.93. The van der Waals surface area contributed by atoms with E-state index in [0.29, 0.717) is 52.0 Å². The van der Waals surface area contributed by atoms with Crippen molar-refractivity contribution in [3.05, 3.63) is 47.0 Å². The van der Waals surface area contributed by atoms with Gasteiger partial charge in [-0.2, -0.15) is 0 Å². The van der Waals surface area contributed by atoms with Crippen LogP contribution in [0.15, 0.2) is 40.6 Å². The van der Waals surface area contributed by atoms with Gasteiger partial charge >= 0.3 is 0 Å². The summed E-state index contributed by atoms with van der Waals surface area (Å²) in [6, 6.07) is 6.57. The van der Waals surface area contributed by atoms with Crippen LogP contribution in [-0.4, -0.2) is 41.4 Å². The van der Waals surface area contributed by atoms with Crippen LogP contribution in [0.5, 0.6) is 0 Å². The normalized spacial score (nSPS) is 19.4. The lowest BCUT2D eigenvalue weighted by Crippen LogP contribution is -2.29. The third-order valence-corrected chi connectivity index (χ3v) is 9.59. The SMILES string of the molecule is CCC(O)(CO)c1csc(NC(=O)/C(=C/C2CCCC2)c2ccc(S(=O)(=O)C3CC3)cc2)n1. The Bertz CT molecular complexity index is 1120. The number of nitrogens with zero attached hydrogens (tertiary/aromatic N) is 1.